The topological polar surface area (TPSA) is 26.0 Å². The number of aryl methyl sites for hydroxylation is 1. The molecule has 0 spiro atoms. The minimum Gasteiger partial charge on any atom is -0.440 e. The van der Waals surface area contributed by atoms with Crippen molar-refractivity contribution in [1.82, 2.24) is 4.98 Å². The summed E-state index contributed by atoms with van der Waals surface area (Å²) in [4.78, 5) is 5.23. The summed E-state index contributed by atoms with van der Waals surface area (Å²) >= 11 is 1.54. The Morgan fingerprint density at radius 1 is 1.27 bits per heavy atom. The Balaban J connectivity index is 2.04. The smallest absolute Gasteiger partial charge is 0.260 e. The van der Waals surface area contributed by atoms with Gasteiger partial charge in [-0.25, -0.2) is 4.98 Å². The van der Waals surface area contributed by atoms with Crippen LogP contribution >= 0.6 is 11.8 Å². The Labute approximate surface area is 93.7 Å². The molecule has 0 aliphatic carbocycles. The highest BCUT2D eigenvalue weighted by molar-refractivity contribution is 7.99. The first kappa shape index (κ1) is 10.3. The number of benzene rings is 1. The van der Waals surface area contributed by atoms with Crippen LogP contribution in [-0.2, 0) is 6.42 Å². The van der Waals surface area contributed by atoms with E-state index in [1.165, 1.54) is 12.0 Å². The number of aromatic nitrogens is 1. The summed E-state index contributed by atoms with van der Waals surface area (Å²) < 4.78 is 5.17. The van der Waals surface area contributed by atoms with Gasteiger partial charge in [-0.2, -0.15) is 0 Å². The number of hydrogen-bond acceptors (Lipinski definition) is 3. The van der Waals surface area contributed by atoms with Gasteiger partial charge in [0.15, 0.2) is 0 Å². The van der Waals surface area contributed by atoms with Crippen molar-refractivity contribution in [2.24, 2.45) is 0 Å². The van der Waals surface area contributed by atoms with Crippen molar-refractivity contribution < 1.29 is 4.42 Å². The van der Waals surface area contributed by atoms with Crippen LogP contribution in [0.4, 0.5) is 0 Å². The van der Waals surface area contributed by atoms with Gasteiger partial charge < -0.3 is 4.42 Å². The standard InChI is InChI=1S/C12H13NOS/c1-2-3-10-4-6-11(7-5-10)15-12-13-8-9-14-12/h4-9H,2-3H2,1H3. The van der Waals surface area contributed by atoms with Gasteiger partial charge in [0.1, 0.15) is 6.26 Å². The molecular weight excluding hydrogens is 206 g/mol. The van der Waals surface area contributed by atoms with E-state index >= 15 is 0 Å². The van der Waals surface area contributed by atoms with Gasteiger partial charge in [0, 0.05) is 4.90 Å². The highest BCUT2D eigenvalue weighted by atomic mass is 32.2. The second-order valence-corrected chi connectivity index (χ2v) is 4.32. The van der Waals surface area contributed by atoms with Crippen LogP contribution in [0.5, 0.6) is 0 Å². The summed E-state index contributed by atoms with van der Waals surface area (Å²) in [7, 11) is 0. The van der Waals surface area contributed by atoms with Crippen molar-refractivity contribution in [2.75, 3.05) is 0 Å². The average molecular weight is 219 g/mol. The quantitative estimate of drug-likeness (QED) is 0.782. The Morgan fingerprint density at radius 3 is 2.67 bits per heavy atom. The Morgan fingerprint density at radius 2 is 2.07 bits per heavy atom. The zero-order valence-electron chi connectivity index (χ0n) is 8.64. The van der Waals surface area contributed by atoms with Gasteiger partial charge in [0.2, 0.25) is 0 Å². The van der Waals surface area contributed by atoms with Crippen LogP contribution in [0.25, 0.3) is 0 Å². The molecule has 0 aliphatic rings. The van der Waals surface area contributed by atoms with Gasteiger partial charge in [-0.3, -0.25) is 0 Å². The second-order valence-electron chi connectivity index (χ2n) is 3.29. The predicted octanol–water partition coefficient (Wildman–Crippen LogP) is 3.78. The van der Waals surface area contributed by atoms with E-state index in [4.69, 9.17) is 4.42 Å². The molecule has 1 heterocycles. The van der Waals surface area contributed by atoms with Crippen LogP contribution in [-0.4, -0.2) is 4.98 Å². The maximum absolute atomic E-state index is 5.17. The Hall–Kier alpha value is -1.22. The van der Waals surface area contributed by atoms with E-state index in [9.17, 15) is 0 Å². The molecule has 0 aliphatic heterocycles. The molecule has 15 heavy (non-hydrogen) atoms. The van der Waals surface area contributed by atoms with E-state index in [1.807, 2.05) is 0 Å². The zero-order chi connectivity index (χ0) is 10.5. The molecule has 0 saturated heterocycles. The molecule has 0 N–H and O–H groups in total. The molecule has 2 aromatic rings. The summed E-state index contributed by atoms with van der Waals surface area (Å²) in [5.41, 5.74) is 1.38. The predicted molar refractivity (Wildman–Crippen MR) is 61.1 cm³/mol. The van der Waals surface area contributed by atoms with Gasteiger partial charge in [-0.15, -0.1) is 0 Å². The fourth-order valence-electron chi connectivity index (χ4n) is 1.37. The average Bonchev–Trinajstić information content (AvgIpc) is 2.74. The molecule has 0 atom stereocenters. The number of hydrogen-bond donors (Lipinski definition) is 0. The molecule has 0 radical (unpaired) electrons. The third kappa shape index (κ3) is 2.86. The first-order valence-corrected chi connectivity index (χ1v) is 5.86. The first-order chi connectivity index (χ1) is 7.38. The van der Waals surface area contributed by atoms with Gasteiger partial charge in [0.25, 0.3) is 5.22 Å². The fourth-order valence-corrected chi connectivity index (χ4v) is 2.07. The molecule has 78 valence electrons. The molecule has 0 unspecified atom stereocenters. The fraction of sp³-hybridized carbons (Fsp3) is 0.250. The van der Waals surface area contributed by atoms with Crippen LogP contribution in [0.2, 0.25) is 0 Å². The number of rotatable bonds is 4. The summed E-state index contributed by atoms with van der Waals surface area (Å²) in [6.45, 7) is 2.19. The van der Waals surface area contributed by atoms with Crippen molar-refractivity contribution in [3.63, 3.8) is 0 Å². The molecular formula is C12H13NOS. The lowest BCUT2D eigenvalue weighted by molar-refractivity contribution is 0.454. The highest BCUT2D eigenvalue weighted by Gasteiger charge is 2.00. The summed E-state index contributed by atoms with van der Waals surface area (Å²) in [6, 6.07) is 8.54. The van der Waals surface area contributed by atoms with Crippen LogP contribution in [0, 0.1) is 0 Å². The lowest BCUT2D eigenvalue weighted by Crippen LogP contribution is -1.82. The van der Waals surface area contributed by atoms with Crippen molar-refractivity contribution in [1.29, 1.82) is 0 Å². The molecule has 0 bridgehead atoms. The molecule has 2 nitrogen and oxygen atoms in total. The molecule has 0 saturated carbocycles. The maximum atomic E-state index is 5.17. The minimum absolute atomic E-state index is 0.693. The van der Waals surface area contributed by atoms with E-state index in [0.29, 0.717) is 5.22 Å². The maximum Gasteiger partial charge on any atom is 0.260 e. The molecule has 0 amide bonds. The van der Waals surface area contributed by atoms with Crippen molar-refractivity contribution >= 4 is 11.8 Å². The SMILES string of the molecule is CCCc1ccc(Sc2ncco2)cc1. The molecule has 0 fully saturated rings. The van der Waals surface area contributed by atoms with Crippen molar-refractivity contribution in [3.8, 4) is 0 Å². The van der Waals surface area contributed by atoms with Crippen LogP contribution in [0.1, 0.15) is 18.9 Å². The number of nitrogens with zero attached hydrogens (tertiary/aromatic N) is 1. The summed E-state index contributed by atoms with van der Waals surface area (Å²) in [5, 5.41) is 0.693. The first-order valence-electron chi connectivity index (χ1n) is 5.05. The van der Waals surface area contributed by atoms with Crippen molar-refractivity contribution in [3.05, 3.63) is 42.3 Å². The highest BCUT2D eigenvalue weighted by Crippen LogP contribution is 2.26. The van der Waals surface area contributed by atoms with E-state index in [1.54, 1.807) is 24.2 Å². The molecule has 3 heteroatoms. The van der Waals surface area contributed by atoms with Crippen molar-refractivity contribution in [2.45, 2.75) is 29.9 Å². The van der Waals surface area contributed by atoms with E-state index < -0.39 is 0 Å². The molecule has 1 aromatic heterocycles. The molecule has 1 aromatic carbocycles. The van der Waals surface area contributed by atoms with E-state index in [0.717, 1.165) is 11.3 Å². The van der Waals surface area contributed by atoms with Gasteiger partial charge in [-0.1, -0.05) is 25.5 Å². The Bertz CT molecular complexity index is 394. The summed E-state index contributed by atoms with van der Waals surface area (Å²) in [6.07, 6.45) is 5.58. The van der Waals surface area contributed by atoms with Crippen LogP contribution < -0.4 is 0 Å². The van der Waals surface area contributed by atoms with Gasteiger partial charge in [-0.05, 0) is 35.9 Å². The summed E-state index contributed by atoms with van der Waals surface area (Å²) in [5.74, 6) is 0. The van der Waals surface area contributed by atoms with Gasteiger partial charge in [0.05, 0.1) is 6.20 Å². The number of oxazole rings is 1. The second kappa shape index (κ2) is 5.03. The third-order valence-electron chi connectivity index (χ3n) is 2.08. The van der Waals surface area contributed by atoms with E-state index in [2.05, 4.69) is 36.2 Å². The van der Waals surface area contributed by atoms with E-state index in [-0.39, 0.29) is 0 Å². The lowest BCUT2D eigenvalue weighted by atomic mass is 10.1. The Kier molecular flexibility index (Phi) is 3.45. The van der Waals surface area contributed by atoms with Gasteiger partial charge >= 0.3 is 0 Å². The third-order valence-corrected chi connectivity index (χ3v) is 2.96. The molecule has 2 rings (SSSR count). The monoisotopic (exact) mass is 219 g/mol. The largest absolute Gasteiger partial charge is 0.440 e. The minimum atomic E-state index is 0.693. The zero-order valence-corrected chi connectivity index (χ0v) is 9.46. The normalized spacial score (nSPS) is 10.5. The lowest BCUT2D eigenvalue weighted by Gasteiger charge is -2.00. The van der Waals surface area contributed by atoms with Crippen LogP contribution in [0.3, 0.4) is 0 Å². The van der Waals surface area contributed by atoms with Crippen LogP contribution in [0.15, 0.2) is 51.3 Å².